The largest absolute Gasteiger partial charge is 0.491 e. The molecule has 0 radical (unpaired) electrons. The van der Waals surface area contributed by atoms with E-state index in [0.29, 0.717) is 6.54 Å². The molecule has 1 aliphatic heterocycles. The average Bonchev–Trinajstić information content (AvgIpc) is 2.47. The summed E-state index contributed by atoms with van der Waals surface area (Å²) in [5.74, 6) is -1.19. The number of likely N-dealkylation sites (tertiary alicyclic amines) is 1. The van der Waals surface area contributed by atoms with Gasteiger partial charge < -0.3 is 14.9 Å². The molecule has 0 bridgehead atoms. The molecule has 1 amide bonds. The van der Waals surface area contributed by atoms with E-state index in [1.54, 1.807) is 4.90 Å². The molecule has 0 aromatic heterocycles. The van der Waals surface area contributed by atoms with Crippen LogP contribution in [0.15, 0.2) is 18.2 Å². The van der Waals surface area contributed by atoms with Gasteiger partial charge in [-0.15, -0.1) is 0 Å². The van der Waals surface area contributed by atoms with E-state index in [2.05, 4.69) is 6.92 Å². The Labute approximate surface area is 124 Å². The maximum Gasteiger partial charge on any atom is 0.491 e. The molecule has 21 heavy (non-hydrogen) atoms. The van der Waals surface area contributed by atoms with E-state index in [1.165, 1.54) is 18.2 Å². The summed E-state index contributed by atoms with van der Waals surface area (Å²) >= 11 is 0. The molecular weight excluding hydrogens is 272 g/mol. The van der Waals surface area contributed by atoms with Gasteiger partial charge in [0.15, 0.2) is 0 Å². The van der Waals surface area contributed by atoms with Crippen molar-refractivity contribution in [2.24, 2.45) is 0 Å². The monoisotopic (exact) mass is 293 g/mol. The van der Waals surface area contributed by atoms with Crippen molar-refractivity contribution in [2.45, 2.75) is 45.1 Å². The lowest BCUT2D eigenvalue weighted by Crippen LogP contribution is -2.45. The van der Waals surface area contributed by atoms with E-state index in [9.17, 15) is 9.18 Å². The Morgan fingerprint density at radius 1 is 1.43 bits per heavy atom. The van der Waals surface area contributed by atoms with Gasteiger partial charge in [-0.3, -0.25) is 4.79 Å². The highest BCUT2D eigenvalue weighted by Crippen LogP contribution is 2.23. The normalized spacial score (nSPS) is 18.7. The van der Waals surface area contributed by atoms with Crippen LogP contribution in [0.1, 0.15) is 49.4 Å². The van der Waals surface area contributed by atoms with E-state index in [1.807, 2.05) is 0 Å². The van der Waals surface area contributed by atoms with Crippen LogP contribution in [0, 0.1) is 5.82 Å². The highest BCUT2D eigenvalue weighted by Gasteiger charge is 2.30. The first-order chi connectivity index (χ1) is 10.1. The molecule has 1 aliphatic rings. The molecular formula is C15H21BFNO3. The van der Waals surface area contributed by atoms with Crippen LogP contribution in [-0.4, -0.2) is 40.6 Å². The summed E-state index contributed by atoms with van der Waals surface area (Å²) in [5.41, 5.74) is -0.339. The quantitative estimate of drug-likeness (QED) is 0.823. The molecule has 1 aromatic carbocycles. The lowest BCUT2D eigenvalue weighted by molar-refractivity contribution is 0.0596. The molecule has 6 heteroatoms. The van der Waals surface area contributed by atoms with Gasteiger partial charge in [0.2, 0.25) is 0 Å². The number of piperidine rings is 1. The Morgan fingerprint density at radius 3 is 2.86 bits per heavy atom. The minimum Gasteiger partial charge on any atom is -0.423 e. The maximum absolute atomic E-state index is 14.3. The minimum atomic E-state index is -1.91. The molecule has 0 spiro atoms. The first-order valence-corrected chi connectivity index (χ1v) is 7.51. The number of carbonyl (C=O) groups excluding carboxylic acids is 1. The van der Waals surface area contributed by atoms with Crippen LogP contribution in [0.25, 0.3) is 0 Å². The molecule has 0 saturated carbocycles. The number of rotatable bonds is 4. The van der Waals surface area contributed by atoms with E-state index >= 15 is 0 Å². The molecule has 2 N–H and O–H groups in total. The maximum atomic E-state index is 14.3. The van der Waals surface area contributed by atoms with Crippen LogP contribution in [0.5, 0.6) is 0 Å². The van der Waals surface area contributed by atoms with Crippen molar-refractivity contribution in [2.75, 3.05) is 6.54 Å². The van der Waals surface area contributed by atoms with Gasteiger partial charge in [0.05, 0.1) is 5.56 Å². The Balaban J connectivity index is 2.28. The highest BCUT2D eigenvalue weighted by molar-refractivity contribution is 6.58. The summed E-state index contributed by atoms with van der Waals surface area (Å²) in [4.78, 5) is 14.3. The van der Waals surface area contributed by atoms with Gasteiger partial charge in [-0.25, -0.2) is 4.39 Å². The summed E-state index contributed by atoms with van der Waals surface area (Å²) < 4.78 is 14.3. The third-order valence-corrected chi connectivity index (χ3v) is 4.05. The number of halogens is 1. The molecule has 2 rings (SSSR count). The smallest absolute Gasteiger partial charge is 0.423 e. The third kappa shape index (κ3) is 3.44. The van der Waals surface area contributed by atoms with Gasteiger partial charge in [-0.1, -0.05) is 25.5 Å². The summed E-state index contributed by atoms with van der Waals surface area (Å²) in [7, 11) is -1.91. The van der Waals surface area contributed by atoms with Gasteiger partial charge in [0.25, 0.3) is 5.91 Å². The van der Waals surface area contributed by atoms with Gasteiger partial charge >= 0.3 is 7.12 Å². The number of benzene rings is 1. The summed E-state index contributed by atoms with van der Waals surface area (Å²) in [6.07, 6.45) is 4.85. The van der Waals surface area contributed by atoms with E-state index in [0.717, 1.165) is 32.1 Å². The molecule has 1 heterocycles. The number of carbonyl (C=O) groups is 1. The average molecular weight is 293 g/mol. The fraction of sp³-hybridized carbons (Fsp3) is 0.533. The van der Waals surface area contributed by atoms with Crippen molar-refractivity contribution in [3.8, 4) is 0 Å². The second-order valence-corrected chi connectivity index (χ2v) is 5.52. The first kappa shape index (κ1) is 16.0. The van der Waals surface area contributed by atoms with Crippen LogP contribution in [0.4, 0.5) is 4.39 Å². The van der Waals surface area contributed by atoms with Crippen LogP contribution >= 0.6 is 0 Å². The van der Waals surface area contributed by atoms with Crippen molar-refractivity contribution < 1.29 is 19.2 Å². The number of nitrogens with zero attached hydrogens (tertiary/aromatic N) is 1. The van der Waals surface area contributed by atoms with Crippen molar-refractivity contribution in [1.29, 1.82) is 0 Å². The Kier molecular flexibility index (Phi) is 5.36. The Bertz CT molecular complexity index is 508. The van der Waals surface area contributed by atoms with Crippen LogP contribution in [-0.2, 0) is 0 Å². The van der Waals surface area contributed by atoms with Crippen LogP contribution < -0.4 is 5.46 Å². The molecule has 114 valence electrons. The van der Waals surface area contributed by atoms with E-state index in [-0.39, 0.29) is 23.0 Å². The molecule has 0 aliphatic carbocycles. The Hall–Kier alpha value is -1.40. The van der Waals surface area contributed by atoms with Gasteiger partial charge in [-0.2, -0.15) is 0 Å². The molecule has 1 fully saturated rings. The predicted molar refractivity (Wildman–Crippen MR) is 79.8 cm³/mol. The Morgan fingerprint density at radius 2 is 2.19 bits per heavy atom. The minimum absolute atomic E-state index is 0.0800. The van der Waals surface area contributed by atoms with Gasteiger partial charge in [-0.05, 0) is 31.7 Å². The van der Waals surface area contributed by atoms with Crippen LogP contribution in [0.3, 0.4) is 0 Å². The molecule has 1 aromatic rings. The second-order valence-electron chi connectivity index (χ2n) is 5.52. The topological polar surface area (TPSA) is 60.8 Å². The number of hydrogen-bond acceptors (Lipinski definition) is 3. The lowest BCUT2D eigenvalue weighted by atomic mass is 9.79. The predicted octanol–water partition coefficient (Wildman–Crippen LogP) is 1.30. The zero-order valence-electron chi connectivity index (χ0n) is 12.3. The van der Waals surface area contributed by atoms with Crippen molar-refractivity contribution >= 4 is 18.5 Å². The summed E-state index contributed by atoms with van der Waals surface area (Å²) in [5, 5.41) is 18.3. The van der Waals surface area contributed by atoms with Crippen molar-refractivity contribution in [3.05, 3.63) is 29.6 Å². The van der Waals surface area contributed by atoms with E-state index < -0.39 is 12.9 Å². The molecule has 0 unspecified atom stereocenters. The molecule has 1 saturated heterocycles. The van der Waals surface area contributed by atoms with Gasteiger partial charge in [0.1, 0.15) is 5.82 Å². The summed E-state index contributed by atoms with van der Waals surface area (Å²) in [6.45, 7) is 2.70. The zero-order valence-corrected chi connectivity index (χ0v) is 12.3. The second kappa shape index (κ2) is 7.05. The van der Waals surface area contributed by atoms with Gasteiger partial charge in [0, 0.05) is 18.0 Å². The van der Waals surface area contributed by atoms with Crippen molar-refractivity contribution in [3.63, 3.8) is 0 Å². The highest BCUT2D eigenvalue weighted by atomic mass is 19.1. The molecule has 4 nitrogen and oxygen atoms in total. The first-order valence-electron chi connectivity index (χ1n) is 7.51. The van der Waals surface area contributed by atoms with Crippen LogP contribution in [0.2, 0.25) is 0 Å². The zero-order chi connectivity index (χ0) is 15.4. The third-order valence-electron chi connectivity index (χ3n) is 4.05. The summed E-state index contributed by atoms with van der Waals surface area (Å²) in [6, 6.07) is 4.31. The lowest BCUT2D eigenvalue weighted by Gasteiger charge is -2.36. The number of hydrogen-bond donors (Lipinski definition) is 2. The standard InChI is InChI=1S/C15H21BFNO3/c1-2-6-11-7-3-4-10-18(11)15(19)12-8-5-9-13(14(12)17)16(20)21/h5,8-9,11,20-21H,2-4,6-7,10H2,1H3/t11-/m1/s1. The van der Waals surface area contributed by atoms with Crippen molar-refractivity contribution in [1.82, 2.24) is 4.90 Å². The van der Waals surface area contributed by atoms with E-state index in [4.69, 9.17) is 10.0 Å². The molecule has 1 atom stereocenters. The SMILES string of the molecule is CCC[C@@H]1CCCCN1C(=O)c1cccc(B(O)O)c1F. The fourth-order valence-corrected chi connectivity index (χ4v) is 2.97. The fourth-order valence-electron chi connectivity index (χ4n) is 2.97. The number of amides is 1.